The maximum atomic E-state index is 13.2. The number of rotatable bonds is 2. The molecule has 1 aromatic heterocycles. The summed E-state index contributed by atoms with van der Waals surface area (Å²) in [4.78, 5) is 6.68. The predicted molar refractivity (Wildman–Crippen MR) is 69.8 cm³/mol. The molecule has 1 aromatic rings. The van der Waals surface area contributed by atoms with Crippen LogP contribution in [0.3, 0.4) is 0 Å². The van der Waals surface area contributed by atoms with E-state index in [2.05, 4.69) is 9.88 Å². The molecule has 0 bridgehead atoms. The molecule has 2 fully saturated rings. The van der Waals surface area contributed by atoms with Gasteiger partial charge in [0, 0.05) is 24.7 Å². The molecular weight excluding hydrogens is 229 g/mol. The van der Waals surface area contributed by atoms with Crippen LogP contribution in [0, 0.1) is 11.7 Å². The summed E-state index contributed by atoms with van der Waals surface area (Å²) in [5.41, 5.74) is 6.57. The normalized spacial score (nSPS) is 27.3. The summed E-state index contributed by atoms with van der Waals surface area (Å²) in [6, 6.07) is 2.13. The van der Waals surface area contributed by atoms with Crippen molar-refractivity contribution in [1.82, 2.24) is 4.98 Å². The molecule has 18 heavy (non-hydrogen) atoms. The highest BCUT2D eigenvalue weighted by atomic mass is 19.1. The fourth-order valence-electron chi connectivity index (χ4n) is 3.60. The fourth-order valence-corrected chi connectivity index (χ4v) is 3.60. The first-order chi connectivity index (χ1) is 8.79. The van der Waals surface area contributed by atoms with Gasteiger partial charge in [-0.3, -0.25) is 0 Å². The molecule has 4 heteroatoms. The smallest absolute Gasteiger partial charge is 0.141 e. The first kappa shape index (κ1) is 11.9. The summed E-state index contributed by atoms with van der Waals surface area (Å²) in [5.74, 6) is 1.42. The Bertz CT molecular complexity index is 435. The Morgan fingerprint density at radius 3 is 3.00 bits per heavy atom. The average molecular weight is 249 g/mol. The molecule has 2 unspecified atom stereocenters. The monoisotopic (exact) mass is 249 g/mol. The molecule has 3 rings (SSSR count). The van der Waals surface area contributed by atoms with E-state index in [4.69, 9.17) is 5.73 Å². The third kappa shape index (κ3) is 1.99. The van der Waals surface area contributed by atoms with Gasteiger partial charge in [-0.15, -0.1) is 0 Å². The van der Waals surface area contributed by atoms with E-state index in [1.165, 1.54) is 44.4 Å². The first-order valence-corrected chi connectivity index (χ1v) is 6.90. The van der Waals surface area contributed by atoms with Gasteiger partial charge in [0.1, 0.15) is 11.6 Å². The number of anilines is 1. The topological polar surface area (TPSA) is 42.1 Å². The van der Waals surface area contributed by atoms with Gasteiger partial charge in [0.05, 0.1) is 6.20 Å². The van der Waals surface area contributed by atoms with Crippen LogP contribution < -0.4 is 10.6 Å². The number of fused-ring (bicyclic) bond motifs is 1. The number of hydrogen-bond donors (Lipinski definition) is 1. The second-order valence-electron chi connectivity index (χ2n) is 5.43. The van der Waals surface area contributed by atoms with Crippen LogP contribution in [-0.2, 0) is 6.54 Å². The van der Waals surface area contributed by atoms with Crippen molar-refractivity contribution in [3.8, 4) is 0 Å². The quantitative estimate of drug-likeness (QED) is 0.875. The summed E-state index contributed by atoms with van der Waals surface area (Å²) >= 11 is 0. The van der Waals surface area contributed by atoms with Crippen molar-refractivity contribution in [2.45, 2.75) is 44.7 Å². The molecule has 2 N–H and O–H groups in total. The molecule has 1 aliphatic carbocycles. The number of piperidine rings is 1. The highest BCUT2D eigenvalue weighted by molar-refractivity contribution is 5.48. The van der Waals surface area contributed by atoms with E-state index in [0.29, 0.717) is 12.6 Å². The molecule has 0 amide bonds. The molecule has 1 saturated heterocycles. The number of halogens is 1. The van der Waals surface area contributed by atoms with Crippen molar-refractivity contribution in [2.24, 2.45) is 11.7 Å². The van der Waals surface area contributed by atoms with Crippen molar-refractivity contribution in [3.05, 3.63) is 23.6 Å². The Balaban J connectivity index is 1.93. The van der Waals surface area contributed by atoms with E-state index >= 15 is 0 Å². The summed E-state index contributed by atoms with van der Waals surface area (Å²) in [7, 11) is 0. The second-order valence-corrected chi connectivity index (χ2v) is 5.43. The van der Waals surface area contributed by atoms with Gasteiger partial charge in [0.25, 0.3) is 0 Å². The molecule has 0 radical (unpaired) electrons. The van der Waals surface area contributed by atoms with Crippen molar-refractivity contribution in [3.63, 3.8) is 0 Å². The number of nitrogens with zero attached hydrogens (tertiary/aromatic N) is 2. The Kier molecular flexibility index (Phi) is 3.20. The van der Waals surface area contributed by atoms with Gasteiger partial charge in [0.15, 0.2) is 0 Å². The van der Waals surface area contributed by atoms with Crippen LogP contribution in [0.5, 0.6) is 0 Å². The Morgan fingerprint density at radius 2 is 2.17 bits per heavy atom. The second kappa shape index (κ2) is 4.84. The molecular formula is C14H20FN3. The van der Waals surface area contributed by atoms with Gasteiger partial charge in [-0.2, -0.15) is 0 Å². The van der Waals surface area contributed by atoms with Gasteiger partial charge >= 0.3 is 0 Å². The maximum Gasteiger partial charge on any atom is 0.141 e. The lowest BCUT2D eigenvalue weighted by atomic mass is 9.91. The lowest BCUT2D eigenvalue weighted by molar-refractivity contribution is 0.360. The van der Waals surface area contributed by atoms with E-state index in [0.717, 1.165) is 23.8 Å². The zero-order chi connectivity index (χ0) is 12.5. The Labute approximate surface area is 107 Å². The largest absolute Gasteiger partial charge is 0.353 e. The molecule has 2 aliphatic rings. The summed E-state index contributed by atoms with van der Waals surface area (Å²) in [6.45, 7) is 1.39. The molecule has 0 aromatic carbocycles. The maximum absolute atomic E-state index is 13.2. The highest BCUT2D eigenvalue weighted by Gasteiger charge is 2.36. The Morgan fingerprint density at radius 1 is 1.33 bits per heavy atom. The lowest BCUT2D eigenvalue weighted by Crippen LogP contribution is -2.43. The predicted octanol–water partition coefficient (Wildman–Crippen LogP) is 2.45. The van der Waals surface area contributed by atoms with E-state index < -0.39 is 0 Å². The van der Waals surface area contributed by atoms with Gasteiger partial charge in [-0.1, -0.05) is 6.42 Å². The summed E-state index contributed by atoms with van der Waals surface area (Å²) in [5, 5.41) is 0. The number of hydrogen-bond acceptors (Lipinski definition) is 3. The molecule has 98 valence electrons. The third-order valence-corrected chi connectivity index (χ3v) is 4.39. The van der Waals surface area contributed by atoms with Crippen molar-refractivity contribution in [2.75, 3.05) is 11.4 Å². The molecule has 1 aliphatic heterocycles. The molecule has 1 saturated carbocycles. The van der Waals surface area contributed by atoms with E-state index in [-0.39, 0.29) is 5.82 Å². The minimum Gasteiger partial charge on any atom is -0.353 e. The van der Waals surface area contributed by atoms with E-state index in [1.807, 2.05) is 0 Å². The standard InChI is InChI=1S/C14H20FN3/c15-12-7-11(8-16)14(17-9-12)18-6-2-4-10-3-1-5-13(10)18/h7,9-10,13H,1-6,8,16H2. The number of nitrogens with two attached hydrogens (primary N) is 1. The molecule has 2 atom stereocenters. The molecule has 0 spiro atoms. The third-order valence-electron chi connectivity index (χ3n) is 4.39. The minimum atomic E-state index is -0.292. The van der Waals surface area contributed by atoms with Gasteiger partial charge in [-0.25, -0.2) is 9.37 Å². The van der Waals surface area contributed by atoms with E-state index in [1.54, 1.807) is 0 Å². The average Bonchev–Trinajstić information content (AvgIpc) is 2.86. The summed E-state index contributed by atoms with van der Waals surface area (Å²) in [6.07, 6.45) is 7.75. The van der Waals surface area contributed by atoms with Crippen LogP contribution in [0.2, 0.25) is 0 Å². The van der Waals surface area contributed by atoms with Crippen molar-refractivity contribution in [1.29, 1.82) is 0 Å². The first-order valence-electron chi connectivity index (χ1n) is 6.90. The van der Waals surface area contributed by atoms with Crippen LogP contribution >= 0.6 is 0 Å². The Hall–Kier alpha value is -1.16. The number of aromatic nitrogens is 1. The van der Waals surface area contributed by atoms with Crippen molar-refractivity contribution < 1.29 is 4.39 Å². The van der Waals surface area contributed by atoms with Gasteiger partial charge in [-0.05, 0) is 37.7 Å². The van der Waals surface area contributed by atoms with Crippen LogP contribution in [0.15, 0.2) is 12.3 Å². The number of pyridine rings is 1. The molecule has 3 nitrogen and oxygen atoms in total. The van der Waals surface area contributed by atoms with Crippen molar-refractivity contribution >= 4 is 5.82 Å². The van der Waals surface area contributed by atoms with Crippen LogP contribution in [0.25, 0.3) is 0 Å². The van der Waals surface area contributed by atoms with Gasteiger partial charge in [0.2, 0.25) is 0 Å². The SMILES string of the molecule is NCc1cc(F)cnc1N1CCCC2CCCC21. The lowest BCUT2D eigenvalue weighted by Gasteiger charge is -2.39. The van der Waals surface area contributed by atoms with Gasteiger partial charge < -0.3 is 10.6 Å². The zero-order valence-electron chi connectivity index (χ0n) is 10.6. The van der Waals surface area contributed by atoms with E-state index in [9.17, 15) is 4.39 Å². The fraction of sp³-hybridized carbons (Fsp3) is 0.643. The van der Waals surface area contributed by atoms with Crippen LogP contribution in [-0.4, -0.2) is 17.6 Å². The minimum absolute atomic E-state index is 0.292. The van der Waals surface area contributed by atoms with Crippen LogP contribution in [0.1, 0.15) is 37.7 Å². The highest BCUT2D eigenvalue weighted by Crippen LogP contribution is 2.39. The zero-order valence-corrected chi connectivity index (χ0v) is 10.6. The summed E-state index contributed by atoms with van der Waals surface area (Å²) < 4.78 is 13.2. The van der Waals surface area contributed by atoms with Crippen LogP contribution in [0.4, 0.5) is 10.2 Å². The molecule has 2 heterocycles.